The van der Waals surface area contributed by atoms with Crippen molar-refractivity contribution in [2.45, 2.75) is 6.54 Å². The molecular formula is C25H25N3O2S. The zero-order chi connectivity index (χ0) is 21.5. The van der Waals surface area contributed by atoms with E-state index in [1.807, 2.05) is 53.4 Å². The van der Waals surface area contributed by atoms with Gasteiger partial charge in [-0.05, 0) is 36.0 Å². The minimum Gasteiger partial charge on any atom is -0.457 e. The van der Waals surface area contributed by atoms with Gasteiger partial charge >= 0.3 is 0 Å². The number of furan rings is 1. The summed E-state index contributed by atoms with van der Waals surface area (Å²) >= 11 is 5.44. The first-order valence-corrected chi connectivity index (χ1v) is 10.8. The molecule has 1 aliphatic rings. The quantitative estimate of drug-likeness (QED) is 0.485. The number of amides is 1. The Balaban J connectivity index is 1.24. The van der Waals surface area contributed by atoms with Crippen LogP contribution in [0.3, 0.4) is 0 Å². The van der Waals surface area contributed by atoms with Crippen molar-refractivity contribution < 1.29 is 9.21 Å². The summed E-state index contributed by atoms with van der Waals surface area (Å²) in [6.07, 6.45) is 3.10. The number of hydrogen-bond acceptors (Lipinski definition) is 4. The van der Waals surface area contributed by atoms with Crippen LogP contribution in [0.2, 0.25) is 0 Å². The normalized spacial score (nSPS) is 14.6. The molecule has 0 saturated carbocycles. The van der Waals surface area contributed by atoms with Gasteiger partial charge < -0.3 is 9.32 Å². The van der Waals surface area contributed by atoms with E-state index in [0.717, 1.165) is 44.0 Å². The highest BCUT2D eigenvalue weighted by molar-refractivity contribution is 7.80. The average Bonchev–Trinajstić information content (AvgIpc) is 3.29. The van der Waals surface area contributed by atoms with Crippen LogP contribution < -0.4 is 5.32 Å². The molecule has 5 nitrogen and oxygen atoms in total. The van der Waals surface area contributed by atoms with Crippen LogP contribution in [0.5, 0.6) is 0 Å². The Labute approximate surface area is 188 Å². The highest BCUT2D eigenvalue weighted by atomic mass is 32.1. The van der Waals surface area contributed by atoms with Gasteiger partial charge in [-0.3, -0.25) is 15.0 Å². The lowest BCUT2D eigenvalue weighted by atomic mass is 10.2. The summed E-state index contributed by atoms with van der Waals surface area (Å²) in [5, 5.41) is 3.27. The minimum atomic E-state index is -0.255. The molecule has 1 amide bonds. The Morgan fingerprint density at radius 2 is 1.61 bits per heavy atom. The summed E-state index contributed by atoms with van der Waals surface area (Å²) in [5.74, 6) is 1.13. The Morgan fingerprint density at radius 1 is 0.935 bits per heavy atom. The van der Waals surface area contributed by atoms with E-state index < -0.39 is 0 Å². The zero-order valence-electron chi connectivity index (χ0n) is 17.2. The lowest BCUT2D eigenvalue weighted by Crippen LogP contribution is -2.52. The van der Waals surface area contributed by atoms with E-state index in [0.29, 0.717) is 10.9 Å². The minimum absolute atomic E-state index is 0.255. The number of piperazine rings is 1. The Morgan fingerprint density at radius 3 is 2.32 bits per heavy atom. The van der Waals surface area contributed by atoms with Crippen LogP contribution in [-0.4, -0.2) is 47.0 Å². The van der Waals surface area contributed by atoms with Crippen molar-refractivity contribution in [2.75, 3.05) is 26.2 Å². The highest BCUT2D eigenvalue weighted by Gasteiger charge is 2.19. The topological polar surface area (TPSA) is 48.7 Å². The number of thiocarbonyl (C=S) groups is 1. The molecule has 158 valence electrons. The SMILES string of the molecule is O=C(/C=C/c1ccc(-c2ccccc2)o1)NC(=S)N1CCN(Cc2ccccc2)CC1. The van der Waals surface area contributed by atoms with Crippen molar-refractivity contribution >= 4 is 29.3 Å². The summed E-state index contributed by atoms with van der Waals surface area (Å²) in [5.41, 5.74) is 2.31. The lowest BCUT2D eigenvalue weighted by Gasteiger charge is -2.35. The monoisotopic (exact) mass is 431 g/mol. The first-order chi connectivity index (χ1) is 15.2. The van der Waals surface area contributed by atoms with Gasteiger partial charge in [-0.15, -0.1) is 0 Å². The Hall–Kier alpha value is -3.22. The van der Waals surface area contributed by atoms with E-state index >= 15 is 0 Å². The Bertz CT molecular complexity index is 1040. The van der Waals surface area contributed by atoms with Gasteiger partial charge in [0.1, 0.15) is 11.5 Å². The molecule has 3 aromatic rings. The molecule has 0 aliphatic carbocycles. The standard InChI is InChI=1S/C25H25N3O2S/c29-24(14-12-22-11-13-23(30-22)21-9-5-2-6-10-21)26-25(31)28-17-15-27(16-18-28)19-20-7-3-1-4-8-20/h1-14H,15-19H2,(H,26,29,31)/b14-12+. The second-order valence-corrected chi connectivity index (χ2v) is 7.83. The first-order valence-electron chi connectivity index (χ1n) is 10.4. The van der Waals surface area contributed by atoms with Crippen LogP contribution in [0, 0.1) is 0 Å². The van der Waals surface area contributed by atoms with Gasteiger partial charge in [0, 0.05) is 44.4 Å². The van der Waals surface area contributed by atoms with E-state index in [2.05, 4.69) is 34.5 Å². The maximum atomic E-state index is 12.3. The Kier molecular flexibility index (Phi) is 6.92. The van der Waals surface area contributed by atoms with Gasteiger partial charge in [0.2, 0.25) is 5.91 Å². The fourth-order valence-corrected chi connectivity index (χ4v) is 3.82. The lowest BCUT2D eigenvalue weighted by molar-refractivity contribution is -0.115. The molecule has 1 fully saturated rings. The molecule has 0 atom stereocenters. The third-order valence-corrected chi connectivity index (χ3v) is 5.58. The molecule has 1 aromatic heterocycles. The van der Waals surface area contributed by atoms with E-state index in [9.17, 15) is 4.79 Å². The van der Waals surface area contributed by atoms with Crippen molar-refractivity contribution in [3.05, 3.63) is 90.2 Å². The second kappa shape index (κ2) is 10.2. The van der Waals surface area contributed by atoms with Crippen molar-refractivity contribution in [1.29, 1.82) is 0 Å². The fraction of sp³-hybridized carbons (Fsp3) is 0.200. The maximum Gasteiger partial charge on any atom is 0.250 e. The summed E-state index contributed by atoms with van der Waals surface area (Å²) in [7, 11) is 0. The van der Waals surface area contributed by atoms with Crippen molar-refractivity contribution in [3.8, 4) is 11.3 Å². The van der Waals surface area contributed by atoms with Gasteiger partial charge in [-0.2, -0.15) is 0 Å². The molecule has 2 aromatic carbocycles. The van der Waals surface area contributed by atoms with Gasteiger partial charge in [0.25, 0.3) is 0 Å². The molecular weight excluding hydrogens is 406 g/mol. The molecule has 0 unspecified atom stereocenters. The summed E-state index contributed by atoms with van der Waals surface area (Å²) in [6.45, 7) is 4.36. The number of carbonyl (C=O) groups is 1. The average molecular weight is 432 g/mol. The number of carbonyl (C=O) groups excluding carboxylic acids is 1. The van der Waals surface area contributed by atoms with Crippen LogP contribution in [-0.2, 0) is 11.3 Å². The van der Waals surface area contributed by atoms with E-state index in [-0.39, 0.29) is 5.91 Å². The molecule has 0 bridgehead atoms. The maximum absolute atomic E-state index is 12.3. The molecule has 1 aliphatic heterocycles. The summed E-state index contributed by atoms with van der Waals surface area (Å²) in [6, 6.07) is 24.0. The van der Waals surface area contributed by atoms with Gasteiger partial charge in [0.05, 0.1) is 0 Å². The first kappa shape index (κ1) is 21.0. The predicted octanol–water partition coefficient (Wildman–Crippen LogP) is 4.18. The molecule has 0 spiro atoms. The van der Waals surface area contributed by atoms with Crippen molar-refractivity contribution in [3.63, 3.8) is 0 Å². The van der Waals surface area contributed by atoms with Crippen molar-refractivity contribution in [1.82, 2.24) is 15.1 Å². The smallest absolute Gasteiger partial charge is 0.250 e. The number of nitrogens with zero attached hydrogens (tertiary/aromatic N) is 2. The van der Waals surface area contributed by atoms with E-state index in [1.165, 1.54) is 11.6 Å². The van der Waals surface area contributed by atoms with Crippen molar-refractivity contribution in [2.24, 2.45) is 0 Å². The molecule has 1 saturated heterocycles. The highest BCUT2D eigenvalue weighted by Crippen LogP contribution is 2.22. The number of nitrogens with one attached hydrogen (secondary N) is 1. The van der Waals surface area contributed by atoms with Gasteiger partial charge in [-0.25, -0.2) is 0 Å². The zero-order valence-corrected chi connectivity index (χ0v) is 18.1. The largest absolute Gasteiger partial charge is 0.457 e. The number of benzene rings is 2. The van der Waals surface area contributed by atoms with Crippen LogP contribution >= 0.6 is 12.2 Å². The molecule has 0 radical (unpaired) electrons. The van der Waals surface area contributed by atoms with Crippen LogP contribution in [0.4, 0.5) is 0 Å². The van der Waals surface area contributed by atoms with Crippen LogP contribution in [0.15, 0.2) is 83.3 Å². The second-order valence-electron chi connectivity index (χ2n) is 7.44. The molecule has 4 rings (SSSR count). The molecule has 6 heteroatoms. The van der Waals surface area contributed by atoms with E-state index in [4.69, 9.17) is 16.6 Å². The van der Waals surface area contributed by atoms with E-state index in [1.54, 1.807) is 6.08 Å². The number of hydrogen-bond donors (Lipinski definition) is 1. The van der Waals surface area contributed by atoms with Gasteiger partial charge in [0.15, 0.2) is 5.11 Å². The molecule has 2 heterocycles. The fourth-order valence-electron chi connectivity index (χ4n) is 3.53. The third-order valence-electron chi connectivity index (χ3n) is 5.22. The number of rotatable bonds is 5. The summed E-state index contributed by atoms with van der Waals surface area (Å²) < 4.78 is 5.79. The third kappa shape index (κ3) is 5.90. The molecule has 31 heavy (non-hydrogen) atoms. The predicted molar refractivity (Wildman–Crippen MR) is 127 cm³/mol. The van der Waals surface area contributed by atoms with Crippen LogP contribution in [0.25, 0.3) is 17.4 Å². The molecule has 1 N–H and O–H groups in total. The van der Waals surface area contributed by atoms with Gasteiger partial charge in [-0.1, -0.05) is 60.7 Å². The van der Waals surface area contributed by atoms with Crippen LogP contribution in [0.1, 0.15) is 11.3 Å². The summed E-state index contributed by atoms with van der Waals surface area (Å²) in [4.78, 5) is 16.7.